The fourth-order valence-electron chi connectivity index (χ4n) is 1.83. The lowest BCUT2D eigenvalue weighted by atomic mass is 9.91. The molecule has 5 heteroatoms. The van der Waals surface area contributed by atoms with Gasteiger partial charge >= 0.3 is 6.09 Å². The third-order valence-electron chi connectivity index (χ3n) is 2.85. The van der Waals surface area contributed by atoms with Gasteiger partial charge in [0.2, 0.25) is 0 Å². The number of methoxy groups -OCH3 is 1. The molecule has 1 N–H and O–H groups in total. The Bertz CT molecular complexity index is 254. The van der Waals surface area contributed by atoms with Gasteiger partial charge < -0.3 is 14.7 Å². The average Bonchev–Trinajstić information content (AvgIpc) is 2.27. The Balaban J connectivity index is 2.56. The molecule has 5 nitrogen and oxygen atoms in total. The van der Waals surface area contributed by atoms with E-state index in [9.17, 15) is 9.59 Å². The summed E-state index contributed by atoms with van der Waals surface area (Å²) in [5.74, 6) is -0.201. The predicted octanol–water partition coefficient (Wildman–Crippen LogP) is 0.980. The lowest BCUT2D eigenvalue weighted by Crippen LogP contribution is -2.43. The highest BCUT2D eigenvalue weighted by atomic mass is 16.5. The Hall–Kier alpha value is -1.10. The maximum atomic E-state index is 11.8. The number of likely N-dealkylation sites (tertiary alicyclic amines) is 1. The number of Topliss-reactive ketones (excluding diaryl/α,β-unsaturated/α-hetero) is 1. The number of hydrogen-bond donors (Lipinski definition) is 1. The summed E-state index contributed by atoms with van der Waals surface area (Å²) in [6.45, 7) is 2.53. The van der Waals surface area contributed by atoms with E-state index in [0.29, 0.717) is 13.1 Å². The first-order chi connectivity index (χ1) is 7.06. The van der Waals surface area contributed by atoms with E-state index in [0.717, 1.165) is 12.8 Å². The first kappa shape index (κ1) is 12.0. The molecule has 0 aromatic heterocycles. The van der Waals surface area contributed by atoms with E-state index in [2.05, 4.69) is 0 Å². The summed E-state index contributed by atoms with van der Waals surface area (Å²) in [6, 6.07) is 0. The Labute approximate surface area is 89.0 Å². The maximum absolute atomic E-state index is 11.8. The van der Waals surface area contributed by atoms with Crippen LogP contribution in [-0.4, -0.2) is 48.2 Å². The molecular weight excluding hydrogens is 198 g/mol. The molecule has 1 amide bonds. The summed E-state index contributed by atoms with van der Waals surface area (Å²) in [7, 11) is 1.49. The van der Waals surface area contributed by atoms with Gasteiger partial charge in [-0.2, -0.15) is 0 Å². The van der Waals surface area contributed by atoms with E-state index in [4.69, 9.17) is 9.84 Å². The topological polar surface area (TPSA) is 66.8 Å². The van der Waals surface area contributed by atoms with E-state index < -0.39 is 12.2 Å². The fourth-order valence-corrected chi connectivity index (χ4v) is 1.83. The molecule has 1 heterocycles. The third-order valence-corrected chi connectivity index (χ3v) is 2.85. The lowest BCUT2D eigenvalue weighted by Gasteiger charge is -2.30. The zero-order chi connectivity index (χ0) is 11.4. The molecule has 1 unspecified atom stereocenters. The van der Waals surface area contributed by atoms with Crippen LogP contribution in [0.25, 0.3) is 0 Å². The molecule has 0 spiro atoms. The minimum absolute atomic E-state index is 0.00319. The second-order valence-corrected chi connectivity index (χ2v) is 3.85. The monoisotopic (exact) mass is 215 g/mol. The number of ether oxygens (including phenoxy) is 1. The SMILES string of the molecule is COC(C)C(=O)[C@H]1CCCN(C(=O)O)C1. The van der Waals surface area contributed by atoms with Gasteiger partial charge in [-0.3, -0.25) is 4.79 Å². The smallest absolute Gasteiger partial charge is 0.407 e. The zero-order valence-corrected chi connectivity index (χ0v) is 9.10. The molecule has 0 saturated carbocycles. The van der Waals surface area contributed by atoms with Crippen LogP contribution in [0.15, 0.2) is 0 Å². The van der Waals surface area contributed by atoms with E-state index >= 15 is 0 Å². The number of amides is 1. The van der Waals surface area contributed by atoms with Crippen LogP contribution in [0.3, 0.4) is 0 Å². The highest BCUT2D eigenvalue weighted by molar-refractivity contribution is 5.85. The zero-order valence-electron chi connectivity index (χ0n) is 9.10. The summed E-state index contributed by atoms with van der Waals surface area (Å²) >= 11 is 0. The van der Waals surface area contributed by atoms with Gasteiger partial charge in [-0.15, -0.1) is 0 Å². The fraction of sp³-hybridized carbons (Fsp3) is 0.800. The summed E-state index contributed by atoms with van der Waals surface area (Å²) < 4.78 is 4.95. The molecular formula is C10H17NO4. The van der Waals surface area contributed by atoms with Crippen LogP contribution in [0.1, 0.15) is 19.8 Å². The third kappa shape index (κ3) is 2.92. The van der Waals surface area contributed by atoms with Crippen molar-refractivity contribution in [1.82, 2.24) is 4.90 Å². The highest BCUT2D eigenvalue weighted by Crippen LogP contribution is 2.19. The molecule has 0 bridgehead atoms. The Kier molecular flexibility index (Phi) is 4.08. The number of piperidine rings is 1. The number of hydrogen-bond acceptors (Lipinski definition) is 3. The molecule has 15 heavy (non-hydrogen) atoms. The molecule has 86 valence electrons. The molecule has 0 radical (unpaired) electrons. The van der Waals surface area contributed by atoms with E-state index in [1.165, 1.54) is 12.0 Å². The van der Waals surface area contributed by atoms with E-state index in [1.807, 2.05) is 0 Å². The normalized spacial score (nSPS) is 23.6. The van der Waals surface area contributed by atoms with Crippen molar-refractivity contribution in [3.63, 3.8) is 0 Å². The maximum Gasteiger partial charge on any atom is 0.407 e. The molecule has 1 fully saturated rings. The van der Waals surface area contributed by atoms with Crippen molar-refractivity contribution in [1.29, 1.82) is 0 Å². The predicted molar refractivity (Wildman–Crippen MR) is 53.8 cm³/mol. The summed E-state index contributed by atoms with van der Waals surface area (Å²) in [5, 5.41) is 8.82. The van der Waals surface area contributed by atoms with Crippen molar-refractivity contribution in [2.24, 2.45) is 5.92 Å². The quantitative estimate of drug-likeness (QED) is 0.762. The summed E-state index contributed by atoms with van der Waals surface area (Å²) in [5.41, 5.74) is 0. The largest absolute Gasteiger partial charge is 0.465 e. The van der Waals surface area contributed by atoms with Crippen molar-refractivity contribution in [2.45, 2.75) is 25.9 Å². The molecule has 0 aromatic rings. The molecule has 1 aliphatic heterocycles. The van der Waals surface area contributed by atoms with Crippen LogP contribution in [0, 0.1) is 5.92 Å². The van der Waals surface area contributed by atoms with Crippen LogP contribution in [0.5, 0.6) is 0 Å². The number of nitrogens with zero attached hydrogens (tertiary/aromatic N) is 1. The minimum atomic E-state index is -0.947. The van der Waals surface area contributed by atoms with Crippen molar-refractivity contribution >= 4 is 11.9 Å². The molecule has 2 atom stereocenters. The van der Waals surface area contributed by atoms with Gasteiger partial charge in [0, 0.05) is 26.1 Å². The second-order valence-electron chi connectivity index (χ2n) is 3.85. The van der Waals surface area contributed by atoms with Crippen LogP contribution in [0.2, 0.25) is 0 Å². The number of carbonyl (C=O) groups is 2. The number of rotatable bonds is 3. The van der Waals surface area contributed by atoms with E-state index in [-0.39, 0.29) is 11.7 Å². The Morgan fingerprint density at radius 1 is 1.53 bits per heavy atom. The van der Waals surface area contributed by atoms with Crippen molar-refractivity contribution < 1.29 is 19.4 Å². The molecule has 0 aromatic carbocycles. The van der Waals surface area contributed by atoms with Gasteiger partial charge in [-0.05, 0) is 19.8 Å². The summed E-state index contributed by atoms with van der Waals surface area (Å²) in [6.07, 6.45) is 0.122. The number of carbonyl (C=O) groups excluding carboxylic acids is 1. The van der Waals surface area contributed by atoms with Gasteiger partial charge in [0.15, 0.2) is 5.78 Å². The Morgan fingerprint density at radius 2 is 2.20 bits per heavy atom. The second kappa shape index (κ2) is 5.11. The van der Waals surface area contributed by atoms with Crippen molar-refractivity contribution in [3.8, 4) is 0 Å². The van der Waals surface area contributed by atoms with Crippen LogP contribution >= 0.6 is 0 Å². The Morgan fingerprint density at radius 3 is 2.73 bits per heavy atom. The van der Waals surface area contributed by atoms with E-state index in [1.54, 1.807) is 6.92 Å². The van der Waals surface area contributed by atoms with Crippen LogP contribution in [-0.2, 0) is 9.53 Å². The van der Waals surface area contributed by atoms with Gasteiger partial charge in [0.05, 0.1) is 0 Å². The lowest BCUT2D eigenvalue weighted by molar-refractivity contribution is -0.133. The van der Waals surface area contributed by atoms with Gasteiger partial charge in [0.25, 0.3) is 0 Å². The number of carboxylic acid groups (broad SMARTS) is 1. The molecule has 1 rings (SSSR count). The summed E-state index contributed by atoms with van der Waals surface area (Å²) in [4.78, 5) is 23.8. The van der Waals surface area contributed by atoms with Gasteiger partial charge in [0.1, 0.15) is 6.10 Å². The van der Waals surface area contributed by atoms with Crippen LogP contribution in [0.4, 0.5) is 4.79 Å². The molecule has 1 saturated heterocycles. The average molecular weight is 215 g/mol. The molecule has 0 aliphatic carbocycles. The standard InChI is InChI=1S/C10H17NO4/c1-7(15-2)9(12)8-4-3-5-11(6-8)10(13)14/h7-8H,3-6H2,1-2H3,(H,13,14)/t7?,8-/m0/s1. The van der Waals surface area contributed by atoms with Crippen molar-refractivity contribution in [3.05, 3.63) is 0 Å². The first-order valence-electron chi connectivity index (χ1n) is 5.10. The van der Waals surface area contributed by atoms with Gasteiger partial charge in [-0.25, -0.2) is 4.79 Å². The van der Waals surface area contributed by atoms with Crippen molar-refractivity contribution in [2.75, 3.05) is 20.2 Å². The van der Waals surface area contributed by atoms with Crippen LogP contribution < -0.4 is 0 Å². The minimum Gasteiger partial charge on any atom is -0.465 e. The van der Waals surface area contributed by atoms with Gasteiger partial charge in [-0.1, -0.05) is 0 Å². The number of ketones is 1. The highest BCUT2D eigenvalue weighted by Gasteiger charge is 2.30. The molecule has 1 aliphatic rings. The first-order valence-corrected chi connectivity index (χ1v) is 5.10.